The van der Waals surface area contributed by atoms with Gasteiger partial charge in [0, 0.05) is 6.20 Å². The first kappa shape index (κ1) is 21.2. The third kappa shape index (κ3) is 4.33. The number of rotatable bonds is 6. The van der Waals surface area contributed by atoms with Gasteiger partial charge >= 0.3 is 0 Å². The van der Waals surface area contributed by atoms with Gasteiger partial charge < -0.3 is 15.0 Å². The van der Waals surface area contributed by atoms with Gasteiger partial charge in [0.05, 0.1) is 53.4 Å². The molecule has 0 amide bonds. The number of aromatic nitrogens is 5. The third-order valence-corrected chi connectivity index (χ3v) is 5.23. The number of aryl methyl sites for hydroxylation is 2. The lowest BCUT2D eigenvalue weighted by molar-refractivity contribution is 0.276. The zero-order chi connectivity index (χ0) is 22.7. The van der Waals surface area contributed by atoms with E-state index in [2.05, 4.69) is 31.6 Å². The summed E-state index contributed by atoms with van der Waals surface area (Å²) in [5.74, 6) is 0.679. The van der Waals surface area contributed by atoms with Crippen LogP contribution in [0.2, 0.25) is 0 Å². The lowest BCUT2D eigenvalue weighted by Crippen LogP contribution is -2.10. The van der Waals surface area contributed by atoms with Crippen LogP contribution in [0.4, 0.5) is 5.82 Å². The van der Waals surface area contributed by atoms with Crippen LogP contribution in [0.5, 0.6) is 0 Å². The first-order valence-corrected chi connectivity index (χ1v) is 10.2. The fourth-order valence-corrected chi connectivity index (χ4v) is 3.43. The molecule has 0 unspecified atom stereocenters. The first-order chi connectivity index (χ1) is 15.5. The Balaban J connectivity index is 1.57. The van der Waals surface area contributed by atoms with Crippen LogP contribution in [-0.4, -0.2) is 29.8 Å². The van der Waals surface area contributed by atoms with E-state index in [4.69, 9.17) is 5.26 Å². The van der Waals surface area contributed by atoms with Crippen molar-refractivity contribution in [3.8, 4) is 23.1 Å². The van der Waals surface area contributed by atoms with Crippen molar-refractivity contribution >= 4 is 5.82 Å². The molecule has 8 heteroatoms. The Hall–Kier alpha value is -4.09. The van der Waals surface area contributed by atoms with E-state index >= 15 is 0 Å². The van der Waals surface area contributed by atoms with E-state index in [0.29, 0.717) is 28.5 Å². The van der Waals surface area contributed by atoms with Gasteiger partial charge in [-0.3, -0.25) is 0 Å². The van der Waals surface area contributed by atoms with E-state index in [1.165, 1.54) is 0 Å². The van der Waals surface area contributed by atoms with Crippen molar-refractivity contribution in [3.05, 3.63) is 83.1 Å². The molecule has 2 N–H and O–H groups in total. The predicted octanol–water partition coefficient (Wildman–Crippen LogP) is 3.88. The highest BCUT2D eigenvalue weighted by molar-refractivity contribution is 5.60. The number of hydrogen-bond donors (Lipinski definition) is 2. The molecule has 0 fully saturated rings. The Morgan fingerprint density at radius 1 is 1.09 bits per heavy atom. The molecule has 4 rings (SSSR count). The summed E-state index contributed by atoms with van der Waals surface area (Å²) in [5, 5.41) is 30.9. The Morgan fingerprint density at radius 2 is 1.88 bits per heavy atom. The summed E-state index contributed by atoms with van der Waals surface area (Å²) in [6, 6.07) is 15.3. The number of nitrogens with one attached hydrogen (secondary N) is 1. The Morgan fingerprint density at radius 3 is 2.50 bits per heavy atom. The van der Waals surface area contributed by atoms with Gasteiger partial charge in [0.2, 0.25) is 0 Å². The molecule has 0 aliphatic heterocycles. The summed E-state index contributed by atoms with van der Waals surface area (Å²) in [4.78, 5) is 8.83. The number of nitriles is 1. The van der Waals surface area contributed by atoms with Crippen molar-refractivity contribution in [3.63, 3.8) is 0 Å². The second-order valence-corrected chi connectivity index (χ2v) is 7.60. The second-order valence-electron chi connectivity index (χ2n) is 7.60. The van der Waals surface area contributed by atoms with Gasteiger partial charge in [-0.05, 0) is 62.2 Å². The fourth-order valence-electron chi connectivity index (χ4n) is 3.43. The van der Waals surface area contributed by atoms with Gasteiger partial charge in [-0.15, -0.1) is 10.2 Å². The van der Waals surface area contributed by atoms with Crippen LogP contribution >= 0.6 is 0 Å². The molecule has 3 aromatic heterocycles. The number of imidazole rings is 1. The molecule has 0 aliphatic rings. The molecule has 32 heavy (non-hydrogen) atoms. The summed E-state index contributed by atoms with van der Waals surface area (Å²) in [6.07, 6.45) is 3.58. The molecule has 0 bridgehead atoms. The number of aliphatic hydroxyl groups excluding tert-OH is 1. The average molecular weight is 425 g/mol. The average Bonchev–Trinajstić information content (AvgIpc) is 3.26. The maximum Gasteiger partial charge on any atom is 0.152 e. The van der Waals surface area contributed by atoms with Crippen LogP contribution < -0.4 is 5.32 Å². The Bertz CT molecular complexity index is 1290. The highest BCUT2D eigenvalue weighted by atomic mass is 16.3. The summed E-state index contributed by atoms with van der Waals surface area (Å²) in [5.41, 5.74) is 6.07. The highest BCUT2D eigenvalue weighted by Crippen LogP contribution is 2.25. The standard InChI is InChI=1S/C24H23N7O/c1-15-10-21(20-8-9-23(22(13-32)28-20)31-12-16(2)26-14-31)29-30-24(15)27-17(3)19-6-4-18(11-25)5-7-19/h4-10,12,14,17,32H,13H2,1-3H3,(H,27,30)/t17-/m0/s1. The van der Waals surface area contributed by atoms with E-state index in [-0.39, 0.29) is 12.6 Å². The number of benzene rings is 1. The summed E-state index contributed by atoms with van der Waals surface area (Å²) in [6.45, 7) is 5.70. The topological polar surface area (TPSA) is 113 Å². The lowest BCUT2D eigenvalue weighted by Gasteiger charge is -2.16. The Kier molecular flexibility index (Phi) is 5.92. The van der Waals surface area contributed by atoms with Gasteiger partial charge in [0.15, 0.2) is 5.82 Å². The van der Waals surface area contributed by atoms with E-state index in [1.807, 2.05) is 61.9 Å². The molecule has 0 spiro atoms. The van der Waals surface area contributed by atoms with E-state index in [0.717, 1.165) is 22.5 Å². The maximum atomic E-state index is 9.84. The zero-order valence-corrected chi connectivity index (χ0v) is 18.1. The molecule has 1 aromatic carbocycles. The van der Waals surface area contributed by atoms with Gasteiger partial charge in [-0.25, -0.2) is 9.97 Å². The van der Waals surface area contributed by atoms with E-state index in [9.17, 15) is 5.11 Å². The second kappa shape index (κ2) is 8.96. The summed E-state index contributed by atoms with van der Waals surface area (Å²) >= 11 is 0. The summed E-state index contributed by atoms with van der Waals surface area (Å²) < 4.78 is 1.84. The van der Waals surface area contributed by atoms with Crippen molar-refractivity contribution in [1.29, 1.82) is 5.26 Å². The van der Waals surface area contributed by atoms with E-state index < -0.39 is 0 Å². The van der Waals surface area contributed by atoms with Gasteiger partial charge in [0.1, 0.15) is 5.69 Å². The minimum absolute atomic E-state index is 0.00127. The third-order valence-electron chi connectivity index (χ3n) is 5.23. The minimum atomic E-state index is -0.200. The summed E-state index contributed by atoms with van der Waals surface area (Å²) in [7, 11) is 0. The maximum absolute atomic E-state index is 9.84. The molecule has 8 nitrogen and oxygen atoms in total. The molecular formula is C24H23N7O. The van der Waals surface area contributed by atoms with Crippen LogP contribution in [0, 0.1) is 25.2 Å². The van der Waals surface area contributed by atoms with Gasteiger partial charge in [-0.1, -0.05) is 12.1 Å². The molecular weight excluding hydrogens is 402 g/mol. The first-order valence-electron chi connectivity index (χ1n) is 10.2. The van der Waals surface area contributed by atoms with Crippen LogP contribution in [0.15, 0.2) is 55.0 Å². The van der Waals surface area contributed by atoms with E-state index in [1.54, 1.807) is 18.5 Å². The van der Waals surface area contributed by atoms with Crippen LogP contribution in [0.1, 0.15) is 41.0 Å². The minimum Gasteiger partial charge on any atom is -0.390 e. The lowest BCUT2D eigenvalue weighted by atomic mass is 10.1. The molecule has 1 atom stereocenters. The SMILES string of the molecule is Cc1cn(-c2ccc(-c3cc(C)c(N[C@@H](C)c4ccc(C#N)cc4)nn3)nc2CO)cn1. The number of pyridine rings is 1. The highest BCUT2D eigenvalue weighted by Gasteiger charge is 2.13. The smallest absolute Gasteiger partial charge is 0.152 e. The van der Waals surface area contributed by atoms with Gasteiger partial charge in [-0.2, -0.15) is 5.26 Å². The van der Waals surface area contributed by atoms with Crippen molar-refractivity contribution in [1.82, 2.24) is 24.7 Å². The van der Waals surface area contributed by atoms with Crippen molar-refractivity contribution in [2.45, 2.75) is 33.4 Å². The van der Waals surface area contributed by atoms with Crippen LogP contribution in [-0.2, 0) is 6.61 Å². The van der Waals surface area contributed by atoms with Crippen molar-refractivity contribution in [2.75, 3.05) is 5.32 Å². The number of hydrogen-bond acceptors (Lipinski definition) is 7. The normalized spacial score (nSPS) is 11.7. The van der Waals surface area contributed by atoms with Gasteiger partial charge in [0.25, 0.3) is 0 Å². The zero-order valence-electron chi connectivity index (χ0n) is 18.1. The molecule has 0 saturated carbocycles. The molecule has 160 valence electrons. The number of nitrogens with zero attached hydrogens (tertiary/aromatic N) is 6. The van der Waals surface area contributed by atoms with Crippen LogP contribution in [0.3, 0.4) is 0 Å². The number of anilines is 1. The molecule has 0 aliphatic carbocycles. The fraction of sp³-hybridized carbons (Fsp3) is 0.208. The predicted molar refractivity (Wildman–Crippen MR) is 121 cm³/mol. The molecule has 0 radical (unpaired) electrons. The van der Waals surface area contributed by atoms with Crippen LogP contribution in [0.25, 0.3) is 17.1 Å². The Labute approximate surface area is 186 Å². The van der Waals surface area contributed by atoms with Crippen molar-refractivity contribution in [2.24, 2.45) is 0 Å². The monoisotopic (exact) mass is 425 g/mol. The molecule has 4 aromatic rings. The number of aliphatic hydroxyl groups is 1. The largest absolute Gasteiger partial charge is 0.390 e. The molecule has 3 heterocycles. The quantitative estimate of drug-likeness (QED) is 0.482. The molecule has 0 saturated heterocycles. The van der Waals surface area contributed by atoms with Crippen molar-refractivity contribution < 1.29 is 5.11 Å².